The van der Waals surface area contributed by atoms with Gasteiger partial charge < -0.3 is 9.32 Å². The Kier molecular flexibility index (Phi) is 6.37. The third-order valence-electron chi connectivity index (χ3n) is 5.18. The first-order valence-electron chi connectivity index (χ1n) is 9.90. The summed E-state index contributed by atoms with van der Waals surface area (Å²) in [6.07, 6.45) is 0.684. The van der Waals surface area contributed by atoms with Gasteiger partial charge in [-0.25, -0.2) is 0 Å². The SMILES string of the molecule is N#Cc1ccc(-c2ccc(CC3SC(S(=O)(=O)O)N(CCc4ccccc4)C3=O)o2)cc1. The molecule has 9 heteroatoms. The van der Waals surface area contributed by atoms with E-state index in [0.29, 0.717) is 23.5 Å². The van der Waals surface area contributed by atoms with E-state index in [2.05, 4.69) is 6.07 Å². The average Bonchev–Trinajstić information content (AvgIpc) is 3.38. The highest BCUT2D eigenvalue weighted by Crippen LogP contribution is 2.37. The maximum absolute atomic E-state index is 13.0. The van der Waals surface area contributed by atoms with E-state index in [9.17, 15) is 17.8 Å². The van der Waals surface area contributed by atoms with Crippen LogP contribution in [0, 0.1) is 11.3 Å². The highest BCUT2D eigenvalue weighted by molar-refractivity contribution is 8.12. The van der Waals surface area contributed by atoms with Crippen molar-refractivity contribution in [2.75, 3.05) is 6.54 Å². The van der Waals surface area contributed by atoms with Crippen LogP contribution in [0.2, 0.25) is 0 Å². The summed E-state index contributed by atoms with van der Waals surface area (Å²) in [6.45, 7) is 0.186. The van der Waals surface area contributed by atoms with Gasteiger partial charge in [0.15, 0.2) is 0 Å². The molecule has 0 saturated carbocycles. The third kappa shape index (κ3) is 4.88. The van der Waals surface area contributed by atoms with Crippen LogP contribution in [0.5, 0.6) is 0 Å². The number of furan rings is 1. The maximum atomic E-state index is 13.0. The number of thioether (sulfide) groups is 1. The largest absolute Gasteiger partial charge is 0.461 e. The molecular weight excluding hydrogens is 448 g/mol. The lowest BCUT2D eigenvalue weighted by Gasteiger charge is -2.21. The van der Waals surface area contributed by atoms with Crippen molar-refractivity contribution in [1.82, 2.24) is 4.90 Å². The summed E-state index contributed by atoms with van der Waals surface area (Å²) in [5.41, 5.74) is 2.31. The molecule has 32 heavy (non-hydrogen) atoms. The van der Waals surface area contributed by atoms with Crippen molar-refractivity contribution >= 4 is 27.8 Å². The predicted octanol–water partition coefficient (Wildman–Crippen LogP) is 3.72. The molecule has 164 valence electrons. The molecule has 1 fully saturated rings. The Balaban J connectivity index is 1.48. The first-order valence-corrected chi connectivity index (χ1v) is 12.3. The lowest BCUT2D eigenvalue weighted by atomic mass is 10.1. The van der Waals surface area contributed by atoms with Crippen molar-refractivity contribution in [2.24, 2.45) is 0 Å². The number of nitrogens with zero attached hydrogens (tertiary/aromatic N) is 2. The van der Waals surface area contributed by atoms with Gasteiger partial charge in [-0.2, -0.15) is 13.7 Å². The van der Waals surface area contributed by atoms with Crippen molar-refractivity contribution in [3.05, 3.63) is 83.6 Å². The van der Waals surface area contributed by atoms with Gasteiger partial charge in [0.25, 0.3) is 10.1 Å². The summed E-state index contributed by atoms with van der Waals surface area (Å²) < 4.78 is 38.1. The Morgan fingerprint density at radius 3 is 2.44 bits per heavy atom. The minimum Gasteiger partial charge on any atom is -0.461 e. The molecule has 1 aliphatic heterocycles. The number of rotatable bonds is 7. The van der Waals surface area contributed by atoms with E-state index in [1.54, 1.807) is 36.4 Å². The molecule has 4 rings (SSSR count). The third-order valence-corrected chi connectivity index (χ3v) is 8.19. The molecule has 1 saturated heterocycles. The molecule has 2 heterocycles. The fourth-order valence-electron chi connectivity index (χ4n) is 3.57. The predicted molar refractivity (Wildman–Crippen MR) is 121 cm³/mol. The van der Waals surface area contributed by atoms with E-state index >= 15 is 0 Å². The number of carbonyl (C=O) groups is 1. The molecule has 1 amide bonds. The van der Waals surface area contributed by atoms with Crippen LogP contribution in [0.15, 0.2) is 71.1 Å². The zero-order chi connectivity index (χ0) is 22.7. The van der Waals surface area contributed by atoms with Crippen LogP contribution in [0.4, 0.5) is 0 Å². The fraction of sp³-hybridized carbons (Fsp3) is 0.217. The molecule has 2 atom stereocenters. The summed E-state index contributed by atoms with van der Waals surface area (Å²) >= 11 is 0.916. The van der Waals surface area contributed by atoms with Gasteiger partial charge in [-0.05, 0) is 48.4 Å². The van der Waals surface area contributed by atoms with Crippen molar-refractivity contribution in [3.8, 4) is 17.4 Å². The van der Waals surface area contributed by atoms with Crippen molar-refractivity contribution < 1.29 is 22.2 Å². The Morgan fingerprint density at radius 2 is 1.78 bits per heavy atom. The zero-order valence-corrected chi connectivity index (χ0v) is 18.6. The van der Waals surface area contributed by atoms with Gasteiger partial charge in [0.1, 0.15) is 11.5 Å². The Hall–Kier alpha value is -3.06. The number of benzene rings is 2. The summed E-state index contributed by atoms with van der Waals surface area (Å²) in [6, 6.07) is 21.9. The number of carbonyl (C=O) groups excluding carboxylic acids is 1. The van der Waals surface area contributed by atoms with Gasteiger partial charge in [0, 0.05) is 18.5 Å². The summed E-state index contributed by atoms with van der Waals surface area (Å²) in [7, 11) is -4.45. The fourth-order valence-corrected chi connectivity index (χ4v) is 6.22. The summed E-state index contributed by atoms with van der Waals surface area (Å²) in [5.74, 6) is 0.784. The van der Waals surface area contributed by atoms with E-state index in [4.69, 9.17) is 9.68 Å². The highest BCUT2D eigenvalue weighted by atomic mass is 32.3. The monoisotopic (exact) mass is 468 g/mol. The van der Waals surface area contributed by atoms with Gasteiger partial charge in [0.05, 0.1) is 16.9 Å². The molecule has 1 aromatic heterocycles. The molecular formula is C23H20N2O5S2. The van der Waals surface area contributed by atoms with Gasteiger partial charge in [0.2, 0.25) is 10.6 Å². The topological polar surface area (TPSA) is 112 Å². The van der Waals surface area contributed by atoms with Gasteiger partial charge in [-0.3, -0.25) is 9.35 Å². The Morgan fingerprint density at radius 1 is 1.06 bits per heavy atom. The van der Waals surface area contributed by atoms with E-state index in [1.165, 1.54) is 4.90 Å². The molecule has 0 radical (unpaired) electrons. The second-order valence-corrected chi connectivity index (χ2v) is 10.4. The van der Waals surface area contributed by atoms with Crippen LogP contribution in [0.1, 0.15) is 16.9 Å². The first-order chi connectivity index (χ1) is 15.3. The first kappa shape index (κ1) is 22.1. The molecule has 0 bridgehead atoms. The van der Waals surface area contributed by atoms with Gasteiger partial charge >= 0.3 is 0 Å². The molecule has 0 spiro atoms. The molecule has 0 aliphatic carbocycles. The minimum absolute atomic E-state index is 0.186. The van der Waals surface area contributed by atoms with Gasteiger partial charge in [-0.1, -0.05) is 30.3 Å². The number of amides is 1. The van der Waals surface area contributed by atoms with Crippen molar-refractivity contribution in [3.63, 3.8) is 0 Å². The lowest BCUT2D eigenvalue weighted by molar-refractivity contribution is -0.129. The Bertz CT molecular complexity index is 1250. The molecule has 2 aromatic carbocycles. The standard InChI is InChI=1S/C23H20N2O5S2/c24-15-17-6-8-18(9-7-17)20-11-10-19(30-20)14-21-22(26)25(23(31-21)32(27,28)29)13-12-16-4-2-1-3-5-16/h1-11,21,23H,12-14H2,(H,27,28,29). The van der Waals surface area contributed by atoms with Crippen LogP contribution in [0.3, 0.4) is 0 Å². The highest BCUT2D eigenvalue weighted by Gasteiger charge is 2.46. The van der Waals surface area contributed by atoms with E-state index in [-0.39, 0.29) is 18.9 Å². The number of hydrogen-bond donors (Lipinski definition) is 1. The molecule has 2 unspecified atom stereocenters. The second kappa shape index (κ2) is 9.20. The second-order valence-electron chi connectivity index (χ2n) is 7.37. The van der Waals surface area contributed by atoms with Crippen LogP contribution < -0.4 is 0 Å². The Labute approximate surface area is 190 Å². The number of hydrogen-bond acceptors (Lipinski definition) is 6. The van der Waals surface area contributed by atoms with E-state index in [0.717, 1.165) is 22.9 Å². The number of nitriles is 1. The normalized spacial score (nSPS) is 18.6. The van der Waals surface area contributed by atoms with Crippen molar-refractivity contribution in [2.45, 2.75) is 22.8 Å². The van der Waals surface area contributed by atoms with Crippen LogP contribution in [-0.4, -0.2) is 40.3 Å². The quantitative estimate of drug-likeness (QED) is 0.526. The minimum atomic E-state index is -4.45. The molecule has 1 N–H and O–H groups in total. The molecule has 1 aliphatic rings. The van der Waals surface area contributed by atoms with Crippen LogP contribution >= 0.6 is 11.8 Å². The summed E-state index contributed by atoms with van der Waals surface area (Å²) in [5, 5.41) is 8.24. The summed E-state index contributed by atoms with van der Waals surface area (Å²) in [4.78, 5) is 14.2. The average molecular weight is 469 g/mol. The van der Waals surface area contributed by atoms with E-state index in [1.807, 2.05) is 30.3 Å². The molecule has 7 nitrogen and oxygen atoms in total. The van der Waals surface area contributed by atoms with E-state index < -0.39 is 20.1 Å². The van der Waals surface area contributed by atoms with Crippen LogP contribution in [-0.2, 0) is 27.8 Å². The molecule has 3 aromatic rings. The smallest absolute Gasteiger partial charge is 0.296 e. The maximum Gasteiger partial charge on any atom is 0.296 e. The van der Waals surface area contributed by atoms with Crippen molar-refractivity contribution in [1.29, 1.82) is 5.26 Å². The lowest BCUT2D eigenvalue weighted by Crippen LogP contribution is -2.40. The zero-order valence-electron chi connectivity index (χ0n) is 16.9. The van der Waals surface area contributed by atoms with Crippen LogP contribution in [0.25, 0.3) is 11.3 Å². The van der Waals surface area contributed by atoms with Gasteiger partial charge in [-0.15, -0.1) is 11.8 Å².